The Morgan fingerprint density at radius 2 is 0.491 bits per heavy atom. The highest BCUT2D eigenvalue weighted by molar-refractivity contribution is 7.78. The highest BCUT2D eigenvalue weighted by atomic mass is 31.1. The van der Waals surface area contributed by atoms with E-state index in [2.05, 4.69) is 217 Å². The molecule has 0 radical (unpaired) electrons. The van der Waals surface area contributed by atoms with Crippen LogP contribution < -0.4 is 16.7 Å². The van der Waals surface area contributed by atoms with E-state index in [1.54, 1.807) is 0 Å². The van der Waals surface area contributed by atoms with Crippen LogP contribution in [0.3, 0.4) is 0 Å². The average Bonchev–Trinajstić information content (AvgIpc) is 3.90. The van der Waals surface area contributed by atoms with E-state index in [4.69, 9.17) is 15.0 Å². The number of hydrogen-bond acceptors (Lipinski definition) is 3. The molecule has 0 aliphatic rings. The second kappa shape index (κ2) is 14.7. The minimum atomic E-state index is -1.48. The van der Waals surface area contributed by atoms with Crippen molar-refractivity contribution < 1.29 is 0 Å². The summed E-state index contributed by atoms with van der Waals surface area (Å²) in [5.41, 5.74) is 15.1. The summed E-state index contributed by atoms with van der Waals surface area (Å²) in [6, 6.07) is 63.2. The number of nitrogens with zero attached hydrogens (tertiary/aromatic N) is 6. The molecule has 6 aromatic carbocycles. The molecule has 6 nitrogen and oxygen atoms in total. The molecule has 0 unspecified atom stereocenters. The Hall–Kier alpha value is -6.62. The van der Waals surface area contributed by atoms with Crippen LogP contribution in [0.15, 0.2) is 182 Å². The summed E-state index contributed by atoms with van der Waals surface area (Å²) in [5, 5.41) is 0. The van der Waals surface area contributed by atoms with Crippen LogP contribution in [-0.4, -0.2) is 28.7 Å². The van der Waals surface area contributed by atoms with Crippen LogP contribution in [0.25, 0.3) is 67.5 Å². The van der Waals surface area contributed by atoms with Crippen molar-refractivity contribution in [3.05, 3.63) is 182 Å². The summed E-state index contributed by atoms with van der Waals surface area (Å²) in [6.45, 7) is 0. The highest BCUT2D eigenvalue weighted by Crippen LogP contribution is 2.42. The largest absolute Gasteiger partial charge is 0.326 e. The van der Waals surface area contributed by atoms with Gasteiger partial charge in [-0.15, -0.1) is 0 Å². The molecule has 55 heavy (non-hydrogen) atoms. The zero-order valence-corrected chi connectivity index (χ0v) is 31.8. The molecule has 3 aromatic heterocycles. The Morgan fingerprint density at radius 1 is 0.291 bits per heavy atom. The fraction of sp³-hybridized carbons (Fsp3) is 0.0625. The van der Waals surface area contributed by atoms with Gasteiger partial charge in [-0.2, -0.15) is 0 Å². The van der Waals surface area contributed by atoms with Gasteiger partial charge in [-0.3, -0.25) is 0 Å². The molecule has 0 spiro atoms. The van der Waals surface area contributed by atoms with Crippen molar-refractivity contribution in [2.45, 2.75) is 0 Å². The molecular formula is C48H39N6P. The van der Waals surface area contributed by atoms with Gasteiger partial charge in [0.1, 0.15) is 24.6 Å². The number of benzene rings is 6. The number of imidazole rings is 3. The Bertz CT molecular complexity index is 2400. The van der Waals surface area contributed by atoms with Gasteiger partial charge in [-0.25, -0.2) is 15.0 Å². The van der Waals surface area contributed by atoms with Crippen LogP contribution in [0.2, 0.25) is 0 Å². The van der Waals surface area contributed by atoms with E-state index in [1.165, 1.54) is 0 Å². The molecule has 3 heterocycles. The van der Waals surface area contributed by atoms with E-state index in [1.807, 2.05) is 0 Å². The normalized spacial score (nSPS) is 11.3. The molecule has 0 N–H and O–H groups in total. The van der Waals surface area contributed by atoms with Crippen molar-refractivity contribution in [3.8, 4) is 67.5 Å². The lowest BCUT2D eigenvalue weighted by atomic mass is 10.1. The molecule has 0 saturated carbocycles. The third kappa shape index (κ3) is 6.21. The van der Waals surface area contributed by atoms with Gasteiger partial charge in [0.15, 0.2) is 0 Å². The first-order valence-electron chi connectivity index (χ1n) is 18.4. The molecule has 0 atom stereocenters. The van der Waals surface area contributed by atoms with Gasteiger partial charge < -0.3 is 13.7 Å². The van der Waals surface area contributed by atoms with Crippen molar-refractivity contribution in [2.24, 2.45) is 21.1 Å². The Kier molecular flexibility index (Phi) is 9.11. The monoisotopic (exact) mass is 730 g/mol. The fourth-order valence-electron chi connectivity index (χ4n) is 7.50. The van der Waals surface area contributed by atoms with Crippen LogP contribution in [-0.2, 0) is 21.1 Å². The summed E-state index contributed by atoms with van der Waals surface area (Å²) in [4.78, 5) is 16.9. The average molecular weight is 731 g/mol. The number of rotatable bonds is 9. The predicted octanol–water partition coefficient (Wildman–Crippen LogP) is 9.65. The van der Waals surface area contributed by atoms with Crippen LogP contribution in [0.4, 0.5) is 0 Å². The van der Waals surface area contributed by atoms with Crippen molar-refractivity contribution in [2.75, 3.05) is 0 Å². The van der Waals surface area contributed by atoms with Crippen LogP contribution >= 0.6 is 7.92 Å². The maximum atomic E-state index is 5.65. The molecule has 0 saturated heterocycles. The lowest BCUT2D eigenvalue weighted by Gasteiger charge is -2.19. The van der Waals surface area contributed by atoms with E-state index in [-0.39, 0.29) is 0 Å². The van der Waals surface area contributed by atoms with E-state index in [9.17, 15) is 0 Å². The smallest absolute Gasteiger partial charge is 0.148 e. The van der Waals surface area contributed by atoms with Gasteiger partial charge >= 0.3 is 0 Å². The Morgan fingerprint density at radius 3 is 0.709 bits per heavy atom. The van der Waals surface area contributed by atoms with Crippen LogP contribution in [0.5, 0.6) is 0 Å². The second-order valence-electron chi connectivity index (χ2n) is 13.5. The third-order valence-electron chi connectivity index (χ3n) is 10.1. The molecule has 9 aromatic rings. The first kappa shape index (κ1) is 34.2. The summed E-state index contributed by atoms with van der Waals surface area (Å²) in [7, 11) is 4.95. The molecule has 0 amide bonds. The molecular weight excluding hydrogens is 692 g/mol. The number of hydrogen-bond donors (Lipinski definition) is 0. The van der Waals surface area contributed by atoms with Crippen LogP contribution in [0, 0.1) is 0 Å². The van der Waals surface area contributed by atoms with E-state index in [0.29, 0.717) is 0 Å². The highest BCUT2D eigenvalue weighted by Gasteiger charge is 2.36. The van der Waals surface area contributed by atoms with Crippen molar-refractivity contribution >= 4 is 24.6 Å². The summed E-state index contributed by atoms with van der Waals surface area (Å²) in [6.07, 6.45) is 0. The summed E-state index contributed by atoms with van der Waals surface area (Å²) >= 11 is 0. The van der Waals surface area contributed by atoms with Gasteiger partial charge in [0.25, 0.3) is 0 Å². The SMILES string of the molecule is Cn1c(P(c2nc(-c3ccccc3)c(-c3ccccc3)n2C)c2nc(-c3ccccc3)c(-c3ccccc3)n2C)nc(-c2ccccc2)c1-c1ccccc1. The molecule has 7 heteroatoms. The topological polar surface area (TPSA) is 53.5 Å². The fourth-order valence-corrected chi connectivity index (χ4v) is 9.84. The molecule has 0 aliphatic heterocycles. The van der Waals surface area contributed by atoms with Crippen molar-refractivity contribution in [1.29, 1.82) is 0 Å². The minimum absolute atomic E-state index is 0.910. The molecule has 0 aliphatic carbocycles. The van der Waals surface area contributed by atoms with Gasteiger partial charge in [-0.05, 0) is 0 Å². The van der Waals surface area contributed by atoms with E-state index >= 15 is 0 Å². The zero-order chi connectivity index (χ0) is 37.3. The third-order valence-corrected chi connectivity index (χ3v) is 12.5. The standard InChI is InChI=1S/C48H39N6P/c1-52-43(37-28-16-7-17-29-37)40(34-22-10-4-11-23-34)49-46(52)55(47-50-41(35-24-12-5-13-25-35)44(53(47)2)38-30-18-8-19-31-38)48-51-42(36-26-14-6-15-27-36)45(54(48)3)39-32-20-9-21-33-39/h4-33H,1-3H3. The van der Waals surface area contributed by atoms with Gasteiger partial charge in [0, 0.05) is 54.5 Å². The molecule has 9 rings (SSSR count). The molecule has 0 fully saturated rings. The first-order chi connectivity index (χ1) is 27.1. The maximum absolute atomic E-state index is 5.65. The maximum Gasteiger partial charge on any atom is 0.148 e. The zero-order valence-electron chi connectivity index (χ0n) is 31.0. The van der Waals surface area contributed by atoms with Gasteiger partial charge in [0.2, 0.25) is 0 Å². The Balaban J connectivity index is 1.39. The summed E-state index contributed by atoms with van der Waals surface area (Å²) in [5.74, 6) is 0. The quantitative estimate of drug-likeness (QED) is 0.139. The predicted molar refractivity (Wildman–Crippen MR) is 228 cm³/mol. The minimum Gasteiger partial charge on any atom is -0.326 e. The summed E-state index contributed by atoms with van der Waals surface area (Å²) < 4.78 is 6.84. The van der Waals surface area contributed by atoms with Crippen LogP contribution in [0.1, 0.15) is 0 Å². The molecule has 266 valence electrons. The molecule has 0 bridgehead atoms. The Labute approximate surface area is 322 Å². The first-order valence-corrected chi connectivity index (χ1v) is 19.8. The van der Waals surface area contributed by atoms with Gasteiger partial charge in [0.05, 0.1) is 34.2 Å². The van der Waals surface area contributed by atoms with E-state index in [0.717, 1.165) is 84.2 Å². The van der Waals surface area contributed by atoms with Crippen molar-refractivity contribution in [3.63, 3.8) is 0 Å². The van der Waals surface area contributed by atoms with Gasteiger partial charge in [-0.1, -0.05) is 182 Å². The number of aromatic nitrogens is 6. The lowest BCUT2D eigenvalue weighted by Crippen LogP contribution is -2.35. The lowest BCUT2D eigenvalue weighted by molar-refractivity contribution is 0.938. The second-order valence-corrected chi connectivity index (χ2v) is 15.4. The van der Waals surface area contributed by atoms with E-state index < -0.39 is 7.92 Å². The van der Waals surface area contributed by atoms with Crippen molar-refractivity contribution in [1.82, 2.24) is 28.7 Å².